The summed E-state index contributed by atoms with van der Waals surface area (Å²) < 4.78 is 0. The lowest BCUT2D eigenvalue weighted by atomic mass is 9.73. The molecule has 0 bridgehead atoms. The summed E-state index contributed by atoms with van der Waals surface area (Å²) in [5.74, 6) is -0.770. The third kappa shape index (κ3) is 3.85. The number of carbonyl (C=O) groups excluding carboxylic acids is 1. The summed E-state index contributed by atoms with van der Waals surface area (Å²) in [5, 5.41) is 29.2. The van der Waals surface area contributed by atoms with Crippen LogP contribution in [0.15, 0.2) is 24.3 Å². The van der Waals surface area contributed by atoms with Gasteiger partial charge in [0.25, 0.3) is 0 Å². The predicted octanol–water partition coefficient (Wildman–Crippen LogP) is 1.19. The lowest BCUT2D eigenvalue weighted by Gasteiger charge is -2.43. The third-order valence-corrected chi connectivity index (χ3v) is 5.47. The maximum atomic E-state index is 12.6. The van der Waals surface area contributed by atoms with Crippen molar-refractivity contribution in [1.82, 2.24) is 4.90 Å². The van der Waals surface area contributed by atoms with E-state index in [9.17, 15) is 19.8 Å². The number of rotatable bonds is 6. The normalized spacial score (nSPS) is 26.5. The summed E-state index contributed by atoms with van der Waals surface area (Å²) >= 11 is 0. The molecule has 0 radical (unpaired) electrons. The van der Waals surface area contributed by atoms with Gasteiger partial charge in [0.15, 0.2) is 0 Å². The van der Waals surface area contributed by atoms with Gasteiger partial charge in [0.2, 0.25) is 5.91 Å². The fraction of sp³-hybridized carbons (Fsp3) is 0.579. The zero-order valence-electron chi connectivity index (χ0n) is 14.2. The molecule has 2 aliphatic rings. The number of aliphatic hydroxyl groups excluding tert-OH is 2. The summed E-state index contributed by atoms with van der Waals surface area (Å²) in [5.41, 5.74) is 0.374. The van der Waals surface area contributed by atoms with E-state index >= 15 is 0 Å². The van der Waals surface area contributed by atoms with Crippen molar-refractivity contribution in [2.24, 2.45) is 11.3 Å². The molecule has 6 nitrogen and oxygen atoms in total. The van der Waals surface area contributed by atoms with Gasteiger partial charge >= 0.3 is 5.97 Å². The molecule has 3 rings (SSSR count). The van der Waals surface area contributed by atoms with Gasteiger partial charge in [0.05, 0.1) is 19.1 Å². The molecule has 6 heteroatoms. The van der Waals surface area contributed by atoms with Crippen molar-refractivity contribution in [3.63, 3.8) is 0 Å². The average molecular weight is 347 g/mol. The fourth-order valence-corrected chi connectivity index (χ4v) is 3.68. The Balaban J connectivity index is 1.70. The largest absolute Gasteiger partial charge is 0.481 e. The van der Waals surface area contributed by atoms with Crippen LogP contribution in [0, 0.1) is 11.3 Å². The number of nitrogens with zero attached hydrogens (tertiary/aromatic N) is 1. The van der Waals surface area contributed by atoms with E-state index in [4.69, 9.17) is 5.11 Å². The minimum absolute atomic E-state index is 0.0411. The molecule has 1 saturated carbocycles. The molecule has 1 amide bonds. The van der Waals surface area contributed by atoms with Crippen LogP contribution in [0.4, 0.5) is 0 Å². The van der Waals surface area contributed by atoms with Crippen LogP contribution in [-0.2, 0) is 22.6 Å². The average Bonchev–Trinajstić information content (AvgIpc) is 3.41. The molecule has 0 unspecified atom stereocenters. The first-order chi connectivity index (χ1) is 11.9. The monoisotopic (exact) mass is 347 g/mol. The Bertz CT molecular complexity index is 640. The van der Waals surface area contributed by atoms with Crippen LogP contribution in [0.5, 0.6) is 0 Å². The van der Waals surface area contributed by atoms with Crippen molar-refractivity contribution in [2.45, 2.75) is 44.8 Å². The standard InChI is InChI=1S/C19H25NO5/c21-11-15-5-1-13(2-6-15)9-17(23)20-8-7-16(22)19(12-20,18(24)25)10-14-3-4-14/h1-2,5-6,14,16,21-22H,3-4,7-12H2,(H,24,25)/t16-,19-/m1/s1. The number of hydrogen-bond acceptors (Lipinski definition) is 4. The second-order valence-electron chi connectivity index (χ2n) is 7.38. The number of aliphatic hydroxyl groups is 2. The fourth-order valence-electron chi connectivity index (χ4n) is 3.68. The predicted molar refractivity (Wildman–Crippen MR) is 90.7 cm³/mol. The molecule has 1 aromatic rings. The Morgan fingerprint density at radius 1 is 1.12 bits per heavy atom. The molecular formula is C19H25NO5. The van der Waals surface area contributed by atoms with Gasteiger partial charge in [-0.2, -0.15) is 0 Å². The van der Waals surface area contributed by atoms with Crippen LogP contribution in [0.3, 0.4) is 0 Å². The first-order valence-corrected chi connectivity index (χ1v) is 8.82. The lowest BCUT2D eigenvalue weighted by molar-refractivity contribution is -0.167. The Labute approximate surface area is 147 Å². The summed E-state index contributed by atoms with van der Waals surface area (Å²) in [6, 6.07) is 7.15. The maximum absolute atomic E-state index is 12.6. The number of carboxylic acids is 1. The molecule has 1 aromatic carbocycles. The first kappa shape index (κ1) is 17.9. The SMILES string of the molecule is O=C(Cc1ccc(CO)cc1)N1CC[C@@H](O)[C@](CC2CC2)(C(=O)O)C1. The molecule has 1 heterocycles. The second-order valence-corrected chi connectivity index (χ2v) is 7.38. The van der Waals surface area contributed by atoms with Crippen molar-refractivity contribution in [3.05, 3.63) is 35.4 Å². The van der Waals surface area contributed by atoms with E-state index in [1.165, 1.54) is 0 Å². The Morgan fingerprint density at radius 3 is 2.32 bits per heavy atom. The van der Waals surface area contributed by atoms with Crippen molar-refractivity contribution in [3.8, 4) is 0 Å². The lowest BCUT2D eigenvalue weighted by Crippen LogP contribution is -2.57. The molecule has 25 heavy (non-hydrogen) atoms. The topological polar surface area (TPSA) is 98.1 Å². The highest BCUT2D eigenvalue weighted by Crippen LogP contribution is 2.45. The number of benzene rings is 1. The van der Waals surface area contributed by atoms with Crippen molar-refractivity contribution < 1.29 is 24.9 Å². The quantitative estimate of drug-likeness (QED) is 0.718. The van der Waals surface area contributed by atoms with Crippen LogP contribution < -0.4 is 0 Å². The van der Waals surface area contributed by atoms with Crippen LogP contribution >= 0.6 is 0 Å². The highest BCUT2D eigenvalue weighted by molar-refractivity contribution is 5.81. The highest BCUT2D eigenvalue weighted by atomic mass is 16.4. The van der Waals surface area contributed by atoms with Crippen LogP contribution in [0.25, 0.3) is 0 Å². The number of piperidine rings is 1. The molecule has 0 aromatic heterocycles. The van der Waals surface area contributed by atoms with E-state index in [-0.39, 0.29) is 25.5 Å². The van der Waals surface area contributed by atoms with E-state index in [1.54, 1.807) is 29.2 Å². The molecule has 1 aliphatic heterocycles. The number of aliphatic carboxylic acids is 1. The molecule has 2 atom stereocenters. The first-order valence-electron chi connectivity index (χ1n) is 8.82. The zero-order chi connectivity index (χ0) is 18.0. The smallest absolute Gasteiger partial charge is 0.314 e. The van der Waals surface area contributed by atoms with E-state index in [2.05, 4.69) is 0 Å². The number of carboxylic acid groups (broad SMARTS) is 1. The molecule has 2 fully saturated rings. The van der Waals surface area contributed by atoms with E-state index in [1.807, 2.05) is 0 Å². The van der Waals surface area contributed by atoms with Gasteiger partial charge in [-0.15, -0.1) is 0 Å². The van der Waals surface area contributed by atoms with Crippen molar-refractivity contribution in [1.29, 1.82) is 0 Å². The van der Waals surface area contributed by atoms with Crippen LogP contribution in [0.1, 0.15) is 36.8 Å². The van der Waals surface area contributed by atoms with Crippen LogP contribution in [-0.4, -0.2) is 51.3 Å². The second kappa shape index (κ2) is 7.14. The van der Waals surface area contributed by atoms with Gasteiger partial charge in [-0.05, 0) is 29.9 Å². The van der Waals surface area contributed by atoms with Gasteiger partial charge in [0, 0.05) is 13.1 Å². The Kier molecular flexibility index (Phi) is 5.11. The summed E-state index contributed by atoms with van der Waals surface area (Å²) in [4.78, 5) is 26.2. The number of carbonyl (C=O) groups is 2. The van der Waals surface area contributed by atoms with E-state index < -0.39 is 17.5 Å². The van der Waals surface area contributed by atoms with E-state index in [0.29, 0.717) is 25.3 Å². The van der Waals surface area contributed by atoms with Gasteiger partial charge in [0.1, 0.15) is 5.41 Å². The highest BCUT2D eigenvalue weighted by Gasteiger charge is 2.52. The van der Waals surface area contributed by atoms with Gasteiger partial charge in [-0.25, -0.2) is 0 Å². The van der Waals surface area contributed by atoms with E-state index in [0.717, 1.165) is 24.0 Å². The molecule has 1 aliphatic carbocycles. The van der Waals surface area contributed by atoms with Gasteiger partial charge in [-0.1, -0.05) is 37.1 Å². The van der Waals surface area contributed by atoms with Gasteiger partial charge in [-0.3, -0.25) is 9.59 Å². The third-order valence-electron chi connectivity index (χ3n) is 5.47. The number of hydrogen-bond donors (Lipinski definition) is 3. The summed E-state index contributed by atoms with van der Waals surface area (Å²) in [7, 11) is 0. The van der Waals surface area contributed by atoms with Crippen molar-refractivity contribution >= 4 is 11.9 Å². The molecule has 136 valence electrons. The Hall–Kier alpha value is -1.92. The maximum Gasteiger partial charge on any atom is 0.314 e. The number of amides is 1. The molecule has 3 N–H and O–H groups in total. The molecule has 0 spiro atoms. The van der Waals surface area contributed by atoms with Crippen LogP contribution in [0.2, 0.25) is 0 Å². The molecular weight excluding hydrogens is 322 g/mol. The Morgan fingerprint density at radius 2 is 1.76 bits per heavy atom. The zero-order valence-corrected chi connectivity index (χ0v) is 14.2. The van der Waals surface area contributed by atoms with Gasteiger partial charge < -0.3 is 20.2 Å². The number of likely N-dealkylation sites (tertiary alicyclic amines) is 1. The minimum atomic E-state index is -1.24. The molecule has 1 saturated heterocycles. The summed E-state index contributed by atoms with van der Waals surface area (Å²) in [6.45, 7) is 0.419. The summed E-state index contributed by atoms with van der Waals surface area (Å²) in [6.07, 6.45) is 2.05. The minimum Gasteiger partial charge on any atom is -0.481 e. The van der Waals surface area contributed by atoms with Crippen molar-refractivity contribution in [2.75, 3.05) is 13.1 Å².